The van der Waals surface area contributed by atoms with Crippen molar-refractivity contribution in [1.29, 1.82) is 0 Å². The molecule has 21 heavy (non-hydrogen) atoms. The molecular formula is C17H24N2O2. The normalized spacial score (nSPS) is 19.0. The van der Waals surface area contributed by atoms with Gasteiger partial charge in [0.15, 0.2) is 0 Å². The van der Waals surface area contributed by atoms with E-state index in [-0.39, 0.29) is 17.9 Å². The van der Waals surface area contributed by atoms with Crippen molar-refractivity contribution in [3.05, 3.63) is 29.3 Å². The molecule has 1 saturated heterocycles. The maximum absolute atomic E-state index is 12.2. The standard InChI is InChI=1S/C17H24N2O2/c1-11-6-7-14(8-12(11)2)19-10-13(9-15(19)20)18-16(21)17(3,4)5/h6-8,13H,9-10H2,1-5H3,(H,18,21)/t13-/m0/s1. The van der Waals surface area contributed by atoms with E-state index >= 15 is 0 Å². The number of nitrogens with zero attached hydrogens (tertiary/aromatic N) is 1. The minimum absolute atomic E-state index is 0.0118. The highest BCUT2D eigenvalue weighted by atomic mass is 16.2. The average molecular weight is 288 g/mol. The first kappa shape index (κ1) is 15.5. The molecule has 0 spiro atoms. The summed E-state index contributed by atoms with van der Waals surface area (Å²) in [7, 11) is 0. The van der Waals surface area contributed by atoms with Crippen LogP contribution in [0.25, 0.3) is 0 Å². The molecule has 2 rings (SSSR count). The fourth-order valence-corrected chi connectivity index (χ4v) is 2.35. The minimum Gasteiger partial charge on any atom is -0.351 e. The molecule has 0 unspecified atom stereocenters. The van der Waals surface area contributed by atoms with Crippen molar-refractivity contribution < 1.29 is 9.59 Å². The highest BCUT2D eigenvalue weighted by Crippen LogP contribution is 2.24. The summed E-state index contributed by atoms with van der Waals surface area (Å²) in [5.41, 5.74) is 2.86. The SMILES string of the molecule is Cc1ccc(N2C[C@@H](NC(=O)C(C)(C)C)CC2=O)cc1C. The Morgan fingerprint density at radius 2 is 1.90 bits per heavy atom. The molecule has 114 valence electrons. The number of benzene rings is 1. The second-order valence-electron chi connectivity index (χ2n) is 6.90. The molecule has 0 radical (unpaired) electrons. The maximum Gasteiger partial charge on any atom is 0.229 e. The predicted molar refractivity (Wildman–Crippen MR) is 84.3 cm³/mol. The molecule has 2 amide bonds. The van der Waals surface area contributed by atoms with E-state index in [0.717, 1.165) is 5.69 Å². The van der Waals surface area contributed by atoms with Gasteiger partial charge in [-0.15, -0.1) is 0 Å². The van der Waals surface area contributed by atoms with E-state index in [1.165, 1.54) is 11.1 Å². The number of hydrogen-bond acceptors (Lipinski definition) is 2. The van der Waals surface area contributed by atoms with E-state index in [1.54, 1.807) is 4.90 Å². The van der Waals surface area contributed by atoms with Crippen LogP contribution in [0.4, 0.5) is 5.69 Å². The summed E-state index contributed by atoms with van der Waals surface area (Å²) in [5, 5.41) is 2.97. The fraction of sp³-hybridized carbons (Fsp3) is 0.529. The molecular weight excluding hydrogens is 264 g/mol. The number of anilines is 1. The van der Waals surface area contributed by atoms with Gasteiger partial charge in [-0.05, 0) is 37.1 Å². The monoisotopic (exact) mass is 288 g/mol. The lowest BCUT2D eigenvalue weighted by atomic mass is 9.95. The van der Waals surface area contributed by atoms with Crippen LogP contribution in [0.15, 0.2) is 18.2 Å². The smallest absolute Gasteiger partial charge is 0.229 e. The lowest BCUT2D eigenvalue weighted by Crippen LogP contribution is -2.43. The van der Waals surface area contributed by atoms with Crippen LogP contribution in [0.2, 0.25) is 0 Å². The first-order valence-electron chi connectivity index (χ1n) is 7.37. The van der Waals surface area contributed by atoms with Crippen molar-refractivity contribution in [1.82, 2.24) is 5.32 Å². The van der Waals surface area contributed by atoms with Crippen molar-refractivity contribution in [2.24, 2.45) is 5.41 Å². The zero-order valence-corrected chi connectivity index (χ0v) is 13.5. The minimum atomic E-state index is -0.434. The summed E-state index contributed by atoms with van der Waals surface area (Å²) in [5.74, 6) is 0.0553. The highest BCUT2D eigenvalue weighted by Gasteiger charge is 2.33. The van der Waals surface area contributed by atoms with Gasteiger partial charge in [0, 0.05) is 24.1 Å². The summed E-state index contributed by atoms with van der Waals surface area (Å²) >= 11 is 0. The number of nitrogens with one attached hydrogen (secondary N) is 1. The van der Waals surface area contributed by atoms with Gasteiger partial charge >= 0.3 is 0 Å². The predicted octanol–water partition coefficient (Wildman–Crippen LogP) is 2.57. The van der Waals surface area contributed by atoms with Gasteiger partial charge < -0.3 is 10.2 Å². The van der Waals surface area contributed by atoms with Crippen LogP contribution in [0.5, 0.6) is 0 Å². The van der Waals surface area contributed by atoms with Crippen molar-refractivity contribution in [3.8, 4) is 0 Å². The van der Waals surface area contributed by atoms with Gasteiger partial charge in [-0.2, -0.15) is 0 Å². The summed E-state index contributed by atoms with van der Waals surface area (Å²) in [6.07, 6.45) is 0.370. The van der Waals surface area contributed by atoms with Crippen LogP contribution in [0, 0.1) is 19.3 Å². The second kappa shape index (κ2) is 5.51. The van der Waals surface area contributed by atoms with Crippen molar-refractivity contribution in [3.63, 3.8) is 0 Å². The van der Waals surface area contributed by atoms with Crippen molar-refractivity contribution >= 4 is 17.5 Å². The summed E-state index contributed by atoms with van der Waals surface area (Å²) in [6, 6.07) is 5.92. The van der Waals surface area contributed by atoms with Gasteiger partial charge in [-0.1, -0.05) is 26.8 Å². The van der Waals surface area contributed by atoms with E-state index in [2.05, 4.69) is 12.2 Å². The molecule has 1 aliphatic rings. The quantitative estimate of drug-likeness (QED) is 0.909. The molecule has 0 bridgehead atoms. The van der Waals surface area contributed by atoms with Crippen LogP contribution < -0.4 is 10.2 Å². The van der Waals surface area contributed by atoms with Crippen LogP contribution in [-0.2, 0) is 9.59 Å². The summed E-state index contributed by atoms with van der Waals surface area (Å²) in [4.78, 5) is 26.0. The van der Waals surface area contributed by atoms with E-state index in [0.29, 0.717) is 13.0 Å². The first-order valence-corrected chi connectivity index (χ1v) is 7.37. The lowest BCUT2D eigenvalue weighted by molar-refractivity contribution is -0.129. The number of rotatable bonds is 2. The Kier molecular flexibility index (Phi) is 4.08. The van der Waals surface area contributed by atoms with E-state index in [4.69, 9.17) is 0 Å². The molecule has 0 aliphatic carbocycles. The van der Waals surface area contributed by atoms with Crippen molar-refractivity contribution in [2.45, 2.75) is 47.1 Å². The number of carbonyl (C=O) groups excluding carboxylic acids is 2. The molecule has 1 N–H and O–H groups in total. The van der Waals surface area contributed by atoms with E-state index < -0.39 is 5.41 Å². The van der Waals surface area contributed by atoms with Gasteiger partial charge in [0.05, 0.1) is 6.04 Å². The van der Waals surface area contributed by atoms with E-state index in [1.807, 2.05) is 45.9 Å². The third-order valence-corrected chi connectivity index (χ3v) is 3.94. The zero-order valence-electron chi connectivity index (χ0n) is 13.5. The Morgan fingerprint density at radius 1 is 1.24 bits per heavy atom. The molecule has 0 saturated carbocycles. The first-order chi connectivity index (χ1) is 9.68. The van der Waals surface area contributed by atoms with Gasteiger partial charge in [0.2, 0.25) is 11.8 Å². The molecule has 1 aromatic rings. The summed E-state index contributed by atoms with van der Waals surface area (Å²) < 4.78 is 0. The van der Waals surface area contributed by atoms with Gasteiger partial charge in [-0.3, -0.25) is 9.59 Å². The van der Waals surface area contributed by atoms with Crippen LogP contribution in [0.3, 0.4) is 0 Å². The molecule has 4 heteroatoms. The largest absolute Gasteiger partial charge is 0.351 e. The molecule has 1 aromatic carbocycles. The Hall–Kier alpha value is -1.84. The van der Waals surface area contributed by atoms with Crippen LogP contribution in [-0.4, -0.2) is 24.4 Å². The van der Waals surface area contributed by atoms with Crippen LogP contribution in [0.1, 0.15) is 38.3 Å². The number of hydrogen-bond donors (Lipinski definition) is 1. The summed E-state index contributed by atoms with van der Waals surface area (Å²) in [6.45, 7) is 10.3. The third kappa shape index (κ3) is 3.43. The van der Waals surface area contributed by atoms with Crippen LogP contribution >= 0.6 is 0 Å². The van der Waals surface area contributed by atoms with Gasteiger partial charge in [0.25, 0.3) is 0 Å². The molecule has 1 atom stereocenters. The number of carbonyl (C=O) groups is 2. The molecule has 0 aromatic heterocycles. The fourth-order valence-electron chi connectivity index (χ4n) is 2.35. The topological polar surface area (TPSA) is 49.4 Å². The molecule has 1 aliphatic heterocycles. The second-order valence-corrected chi connectivity index (χ2v) is 6.90. The molecule has 4 nitrogen and oxygen atoms in total. The van der Waals surface area contributed by atoms with Gasteiger partial charge in [0.1, 0.15) is 0 Å². The number of amides is 2. The van der Waals surface area contributed by atoms with Crippen molar-refractivity contribution in [2.75, 3.05) is 11.4 Å². The number of aryl methyl sites for hydroxylation is 2. The Morgan fingerprint density at radius 3 is 2.48 bits per heavy atom. The Labute approximate surface area is 126 Å². The van der Waals surface area contributed by atoms with E-state index in [9.17, 15) is 9.59 Å². The Bertz CT molecular complexity index is 573. The highest BCUT2D eigenvalue weighted by molar-refractivity contribution is 5.97. The third-order valence-electron chi connectivity index (χ3n) is 3.94. The Balaban J connectivity index is 2.09. The lowest BCUT2D eigenvalue weighted by Gasteiger charge is -2.22. The zero-order chi connectivity index (χ0) is 15.8. The molecule has 1 fully saturated rings. The average Bonchev–Trinajstić information content (AvgIpc) is 2.72. The molecule has 1 heterocycles. The van der Waals surface area contributed by atoms with Gasteiger partial charge in [-0.25, -0.2) is 0 Å². The maximum atomic E-state index is 12.2.